The first kappa shape index (κ1) is 16.5. The van der Waals surface area contributed by atoms with Crippen molar-refractivity contribution >= 4 is 38.2 Å². The number of fused-ring (bicyclic) bond motifs is 1. The SMILES string of the molecule is [C-]#[N+]c1cc(S(N)(=O)=O)c(NNC(=O)N(C)C)c2ccccc12. The molecule has 4 N–H and O–H groups in total. The molecule has 0 saturated carbocycles. The molecule has 0 atom stereocenters. The second-order valence-corrected chi connectivity index (χ2v) is 6.45. The van der Waals surface area contributed by atoms with E-state index in [9.17, 15) is 13.2 Å². The van der Waals surface area contributed by atoms with Crippen molar-refractivity contribution < 1.29 is 13.2 Å². The molecule has 0 aliphatic carbocycles. The van der Waals surface area contributed by atoms with Crippen molar-refractivity contribution in [2.75, 3.05) is 19.5 Å². The number of primary sulfonamides is 1. The number of hydrogen-bond donors (Lipinski definition) is 3. The van der Waals surface area contributed by atoms with Crippen LogP contribution < -0.4 is 16.0 Å². The number of hydrazine groups is 1. The smallest absolute Gasteiger partial charge is 0.330 e. The Balaban J connectivity index is 2.69. The van der Waals surface area contributed by atoms with Crippen LogP contribution in [0.5, 0.6) is 0 Å². The lowest BCUT2D eigenvalue weighted by molar-refractivity contribution is 0.219. The third kappa shape index (κ3) is 3.33. The molecule has 2 rings (SSSR count). The Morgan fingerprint density at radius 2 is 1.87 bits per heavy atom. The van der Waals surface area contributed by atoms with Gasteiger partial charge in [-0.2, -0.15) is 0 Å². The van der Waals surface area contributed by atoms with Crippen LogP contribution in [-0.4, -0.2) is 33.4 Å². The second-order valence-electron chi connectivity index (χ2n) is 4.92. The van der Waals surface area contributed by atoms with E-state index >= 15 is 0 Å². The van der Waals surface area contributed by atoms with E-state index < -0.39 is 16.1 Å². The monoisotopic (exact) mass is 333 g/mol. The number of benzene rings is 2. The number of anilines is 1. The van der Waals surface area contributed by atoms with Crippen LogP contribution in [0.2, 0.25) is 0 Å². The van der Waals surface area contributed by atoms with Crippen LogP contribution >= 0.6 is 0 Å². The van der Waals surface area contributed by atoms with Gasteiger partial charge < -0.3 is 4.90 Å². The van der Waals surface area contributed by atoms with E-state index in [-0.39, 0.29) is 16.3 Å². The van der Waals surface area contributed by atoms with Crippen molar-refractivity contribution in [3.8, 4) is 0 Å². The van der Waals surface area contributed by atoms with Crippen LogP contribution in [0, 0.1) is 6.57 Å². The Kier molecular flexibility index (Phi) is 4.40. The number of carbonyl (C=O) groups excluding carboxylic acids is 1. The van der Waals surface area contributed by atoms with Gasteiger partial charge in [0.2, 0.25) is 10.0 Å². The van der Waals surface area contributed by atoms with Gasteiger partial charge in [-0.1, -0.05) is 24.3 Å². The maximum Gasteiger partial charge on any atom is 0.335 e. The molecule has 2 amide bonds. The highest BCUT2D eigenvalue weighted by atomic mass is 32.2. The van der Waals surface area contributed by atoms with Gasteiger partial charge in [0.05, 0.1) is 17.2 Å². The van der Waals surface area contributed by atoms with Crippen molar-refractivity contribution in [3.05, 3.63) is 41.7 Å². The topological polar surface area (TPSA) is 109 Å². The minimum atomic E-state index is -4.10. The fraction of sp³-hybridized carbons (Fsp3) is 0.143. The number of carbonyl (C=O) groups is 1. The molecule has 0 spiro atoms. The van der Waals surface area contributed by atoms with Gasteiger partial charge in [-0.05, 0) is 16.8 Å². The van der Waals surface area contributed by atoms with Crippen molar-refractivity contribution in [1.82, 2.24) is 10.3 Å². The number of sulfonamides is 1. The highest BCUT2D eigenvalue weighted by Gasteiger charge is 2.20. The number of nitrogens with one attached hydrogen (secondary N) is 2. The van der Waals surface area contributed by atoms with Gasteiger partial charge in [-0.15, -0.1) is 0 Å². The molecule has 2 aromatic carbocycles. The van der Waals surface area contributed by atoms with E-state index in [4.69, 9.17) is 11.7 Å². The fourth-order valence-electron chi connectivity index (χ4n) is 2.00. The summed E-state index contributed by atoms with van der Waals surface area (Å²) in [7, 11) is -1.02. The average molecular weight is 333 g/mol. The molecule has 0 bridgehead atoms. The Morgan fingerprint density at radius 1 is 1.26 bits per heavy atom. The molecule has 8 nitrogen and oxygen atoms in total. The zero-order valence-electron chi connectivity index (χ0n) is 12.5. The van der Waals surface area contributed by atoms with E-state index in [0.29, 0.717) is 10.8 Å². The molecule has 0 aromatic heterocycles. The summed E-state index contributed by atoms with van der Waals surface area (Å²) in [6.45, 7) is 7.22. The van der Waals surface area contributed by atoms with Gasteiger partial charge in [0, 0.05) is 14.1 Å². The van der Waals surface area contributed by atoms with Crippen LogP contribution in [0.25, 0.3) is 15.6 Å². The Bertz CT molecular complexity index is 916. The molecular formula is C14H15N5O3S. The number of amides is 2. The zero-order valence-corrected chi connectivity index (χ0v) is 13.3. The molecule has 0 heterocycles. The summed E-state index contributed by atoms with van der Waals surface area (Å²) < 4.78 is 23.7. The second kappa shape index (κ2) is 6.12. The fourth-order valence-corrected chi connectivity index (χ4v) is 2.73. The Labute approximate surface area is 133 Å². The summed E-state index contributed by atoms with van der Waals surface area (Å²) in [6, 6.07) is 7.48. The summed E-state index contributed by atoms with van der Waals surface area (Å²) in [5.74, 6) is 0. The van der Waals surface area contributed by atoms with E-state index in [2.05, 4.69) is 15.7 Å². The largest absolute Gasteiger partial charge is 0.335 e. The zero-order chi connectivity index (χ0) is 17.2. The van der Waals surface area contributed by atoms with Crippen LogP contribution in [0.1, 0.15) is 0 Å². The lowest BCUT2D eigenvalue weighted by atomic mass is 10.1. The molecule has 120 valence electrons. The van der Waals surface area contributed by atoms with Crippen molar-refractivity contribution in [3.63, 3.8) is 0 Å². The van der Waals surface area contributed by atoms with Gasteiger partial charge in [0.1, 0.15) is 0 Å². The van der Waals surface area contributed by atoms with Crippen LogP contribution in [0.3, 0.4) is 0 Å². The molecule has 2 aromatic rings. The van der Waals surface area contributed by atoms with E-state index in [0.717, 1.165) is 0 Å². The molecule has 0 aliphatic heterocycles. The van der Waals surface area contributed by atoms with Crippen LogP contribution in [-0.2, 0) is 10.0 Å². The van der Waals surface area contributed by atoms with Crippen LogP contribution in [0.15, 0.2) is 35.2 Å². The summed E-state index contributed by atoms with van der Waals surface area (Å²) in [5, 5.41) is 6.26. The van der Waals surface area contributed by atoms with Gasteiger partial charge in [0.15, 0.2) is 5.69 Å². The third-order valence-electron chi connectivity index (χ3n) is 3.11. The summed E-state index contributed by atoms with van der Waals surface area (Å²) in [4.78, 5) is 16.0. The maximum atomic E-state index is 11.9. The first-order chi connectivity index (χ1) is 10.8. The highest BCUT2D eigenvalue weighted by molar-refractivity contribution is 7.89. The number of rotatable bonds is 3. The first-order valence-electron chi connectivity index (χ1n) is 6.45. The predicted octanol–water partition coefficient (Wildman–Crippen LogP) is 1.64. The van der Waals surface area contributed by atoms with Gasteiger partial charge in [0.25, 0.3) is 0 Å². The minimum absolute atomic E-state index is 0.116. The molecule has 0 saturated heterocycles. The quantitative estimate of drug-likeness (QED) is 0.586. The Morgan fingerprint density at radius 3 is 2.39 bits per heavy atom. The first-order valence-corrected chi connectivity index (χ1v) is 7.99. The molecule has 0 fully saturated rings. The van der Waals surface area contributed by atoms with E-state index in [1.54, 1.807) is 24.3 Å². The summed E-state index contributed by atoms with van der Waals surface area (Å²) in [6.07, 6.45) is 0. The lowest BCUT2D eigenvalue weighted by Crippen LogP contribution is -2.38. The molecule has 0 radical (unpaired) electrons. The molecule has 23 heavy (non-hydrogen) atoms. The Hall–Kier alpha value is -2.83. The highest BCUT2D eigenvalue weighted by Crippen LogP contribution is 2.36. The van der Waals surface area contributed by atoms with E-state index in [1.807, 2.05) is 0 Å². The van der Waals surface area contributed by atoms with Crippen molar-refractivity contribution in [2.45, 2.75) is 4.90 Å². The standard InChI is InChI=1S/C14H15N5O3S/c1-16-11-8-12(23(15,21)22)13(17-18-14(20)19(2)3)10-7-5-4-6-9(10)11/h4-8,17H,2-3H3,(H,18,20)(H2,15,21,22). The van der Waals surface area contributed by atoms with Gasteiger partial charge in [-0.25, -0.2) is 23.2 Å². The number of nitrogens with two attached hydrogens (primary N) is 1. The number of nitrogens with zero attached hydrogens (tertiary/aromatic N) is 2. The van der Waals surface area contributed by atoms with Crippen LogP contribution in [0.4, 0.5) is 16.2 Å². The molecule has 0 unspecified atom stereocenters. The minimum Gasteiger partial charge on any atom is -0.330 e. The van der Waals surface area contributed by atoms with Crippen molar-refractivity contribution in [2.24, 2.45) is 5.14 Å². The van der Waals surface area contributed by atoms with Crippen molar-refractivity contribution in [1.29, 1.82) is 0 Å². The molecule has 0 aliphatic rings. The summed E-state index contributed by atoms with van der Waals surface area (Å²) in [5.41, 5.74) is 5.25. The molecule has 9 heteroatoms. The normalized spacial score (nSPS) is 10.9. The number of hydrogen-bond acceptors (Lipinski definition) is 4. The average Bonchev–Trinajstić information content (AvgIpc) is 2.50. The lowest BCUT2D eigenvalue weighted by Gasteiger charge is -2.18. The third-order valence-corrected chi connectivity index (χ3v) is 4.05. The van der Waals surface area contributed by atoms with E-state index in [1.165, 1.54) is 25.1 Å². The summed E-state index contributed by atoms with van der Waals surface area (Å²) >= 11 is 0. The van der Waals surface area contributed by atoms with Gasteiger partial charge in [-0.3, -0.25) is 10.9 Å². The van der Waals surface area contributed by atoms with Gasteiger partial charge >= 0.3 is 6.03 Å². The predicted molar refractivity (Wildman–Crippen MR) is 87.4 cm³/mol. The maximum absolute atomic E-state index is 11.9. The molecular weight excluding hydrogens is 318 g/mol. The number of urea groups is 1.